The van der Waals surface area contributed by atoms with Crippen LogP contribution in [-0.2, 0) is 6.54 Å². The Hall–Kier alpha value is -1.40. The Morgan fingerprint density at radius 1 is 1.26 bits per heavy atom. The number of nitriles is 1. The van der Waals surface area contributed by atoms with Gasteiger partial charge in [-0.2, -0.15) is 5.26 Å². The fourth-order valence-electron chi connectivity index (χ4n) is 2.99. The highest BCUT2D eigenvalue weighted by atomic mass is 19.1. The minimum Gasteiger partial charge on any atom is -0.296 e. The first-order valence-electron chi connectivity index (χ1n) is 7.16. The van der Waals surface area contributed by atoms with E-state index in [9.17, 15) is 4.39 Å². The molecule has 2 rings (SSSR count). The van der Waals surface area contributed by atoms with Crippen LogP contribution in [0.15, 0.2) is 18.2 Å². The summed E-state index contributed by atoms with van der Waals surface area (Å²) in [4.78, 5) is 2.41. The van der Waals surface area contributed by atoms with Gasteiger partial charge in [-0.05, 0) is 43.1 Å². The van der Waals surface area contributed by atoms with Gasteiger partial charge in [0.05, 0.1) is 11.6 Å². The Labute approximate surface area is 114 Å². The van der Waals surface area contributed by atoms with E-state index in [2.05, 4.69) is 11.8 Å². The van der Waals surface area contributed by atoms with Crippen LogP contribution >= 0.6 is 0 Å². The van der Waals surface area contributed by atoms with Gasteiger partial charge in [-0.25, -0.2) is 4.39 Å². The molecule has 0 spiro atoms. The van der Waals surface area contributed by atoms with E-state index < -0.39 is 0 Å². The Kier molecular flexibility index (Phi) is 4.93. The first-order valence-corrected chi connectivity index (χ1v) is 7.16. The van der Waals surface area contributed by atoms with Crippen LogP contribution in [0.3, 0.4) is 0 Å². The zero-order valence-corrected chi connectivity index (χ0v) is 11.5. The normalized spacial score (nSPS) is 16.5. The standard InChI is InChI=1S/C16H21FN2/c1-2-19(16-6-4-3-5-7-16)12-14-8-13(11-18)9-15(17)10-14/h8-10,16H,2-7,12H2,1H3. The average molecular weight is 260 g/mol. The van der Waals surface area contributed by atoms with Crippen LogP contribution in [0.1, 0.15) is 50.2 Å². The van der Waals surface area contributed by atoms with Crippen LogP contribution in [0.4, 0.5) is 4.39 Å². The van der Waals surface area contributed by atoms with Crippen molar-refractivity contribution < 1.29 is 4.39 Å². The van der Waals surface area contributed by atoms with Crippen molar-refractivity contribution in [1.82, 2.24) is 4.90 Å². The minimum absolute atomic E-state index is 0.311. The van der Waals surface area contributed by atoms with E-state index in [4.69, 9.17) is 5.26 Å². The van der Waals surface area contributed by atoms with Gasteiger partial charge in [0.25, 0.3) is 0 Å². The van der Waals surface area contributed by atoms with Gasteiger partial charge in [-0.1, -0.05) is 26.2 Å². The minimum atomic E-state index is -0.311. The fourth-order valence-corrected chi connectivity index (χ4v) is 2.99. The second-order valence-electron chi connectivity index (χ2n) is 5.31. The van der Waals surface area contributed by atoms with Crippen molar-refractivity contribution in [2.75, 3.05) is 6.54 Å². The van der Waals surface area contributed by atoms with E-state index in [1.54, 1.807) is 12.1 Å². The summed E-state index contributed by atoms with van der Waals surface area (Å²) in [5, 5.41) is 8.90. The summed E-state index contributed by atoms with van der Waals surface area (Å²) < 4.78 is 13.4. The van der Waals surface area contributed by atoms with Gasteiger partial charge < -0.3 is 0 Å². The summed E-state index contributed by atoms with van der Waals surface area (Å²) in [6, 6.07) is 7.28. The van der Waals surface area contributed by atoms with Gasteiger partial charge in [-0.3, -0.25) is 4.90 Å². The van der Waals surface area contributed by atoms with E-state index in [1.165, 1.54) is 38.2 Å². The first-order chi connectivity index (χ1) is 9.22. The summed E-state index contributed by atoms with van der Waals surface area (Å²) in [5.74, 6) is -0.311. The van der Waals surface area contributed by atoms with Crippen LogP contribution in [0.2, 0.25) is 0 Å². The maximum Gasteiger partial charge on any atom is 0.124 e. The second-order valence-corrected chi connectivity index (χ2v) is 5.31. The van der Waals surface area contributed by atoms with E-state index in [1.807, 2.05) is 6.07 Å². The highest BCUT2D eigenvalue weighted by molar-refractivity contribution is 5.33. The van der Waals surface area contributed by atoms with Gasteiger partial charge in [0, 0.05) is 12.6 Å². The second kappa shape index (κ2) is 6.68. The lowest BCUT2D eigenvalue weighted by molar-refractivity contribution is 0.156. The topological polar surface area (TPSA) is 27.0 Å². The van der Waals surface area contributed by atoms with E-state index >= 15 is 0 Å². The molecule has 1 saturated carbocycles. The van der Waals surface area contributed by atoms with Gasteiger partial charge in [0.1, 0.15) is 5.82 Å². The summed E-state index contributed by atoms with van der Waals surface area (Å²) in [6.45, 7) is 3.87. The van der Waals surface area contributed by atoms with Crippen molar-refractivity contribution in [2.45, 2.75) is 51.6 Å². The molecule has 0 saturated heterocycles. The molecular formula is C16H21FN2. The summed E-state index contributed by atoms with van der Waals surface area (Å²) in [5.41, 5.74) is 1.32. The third-order valence-electron chi connectivity index (χ3n) is 3.97. The molecule has 0 bridgehead atoms. The smallest absolute Gasteiger partial charge is 0.124 e. The molecule has 102 valence electrons. The Morgan fingerprint density at radius 3 is 2.63 bits per heavy atom. The van der Waals surface area contributed by atoms with Crippen LogP contribution < -0.4 is 0 Å². The first kappa shape index (κ1) is 14.0. The van der Waals surface area contributed by atoms with Crippen molar-refractivity contribution >= 4 is 0 Å². The maximum atomic E-state index is 13.4. The predicted molar refractivity (Wildman–Crippen MR) is 74.1 cm³/mol. The van der Waals surface area contributed by atoms with Crippen LogP contribution in [0.5, 0.6) is 0 Å². The molecule has 0 atom stereocenters. The molecule has 19 heavy (non-hydrogen) atoms. The van der Waals surface area contributed by atoms with Crippen molar-refractivity contribution in [3.63, 3.8) is 0 Å². The number of hydrogen-bond acceptors (Lipinski definition) is 2. The van der Waals surface area contributed by atoms with Crippen molar-refractivity contribution in [3.8, 4) is 6.07 Å². The molecule has 1 aliphatic carbocycles. The highest BCUT2D eigenvalue weighted by Crippen LogP contribution is 2.24. The third-order valence-corrected chi connectivity index (χ3v) is 3.97. The lowest BCUT2D eigenvalue weighted by Crippen LogP contribution is -2.36. The maximum absolute atomic E-state index is 13.4. The molecule has 0 heterocycles. The molecule has 0 amide bonds. The lowest BCUT2D eigenvalue weighted by Gasteiger charge is -2.33. The SMILES string of the molecule is CCN(Cc1cc(F)cc(C#N)c1)C1CCCCC1. The third kappa shape index (κ3) is 3.78. The quantitative estimate of drug-likeness (QED) is 0.822. The zero-order chi connectivity index (χ0) is 13.7. The number of halogens is 1. The lowest BCUT2D eigenvalue weighted by atomic mass is 9.94. The molecule has 3 heteroatoms. The monoisotopic (exact) mass is 260 g/mol. The summed E-state index contributed by atoms with van der Waals surface area (Å²) in [6.07, 6.45) is 6.43. The number of benzene rings is 1. The van der Waals surface area contributed by atoms with E-state index in [0.717, 1.165) is 18.7 Å². The molecule has 1 aromatic carbocycles. The van der Waals surface area contributed by atoms with Gasteiger partial charge in [0.15, 0.2) is 0 Å². The Balaban J connectivity index is 2.09. The van der Waals surface area contributed by atoms with E-state index in [-0.39, 0.29) is 5.82 Å². The average Bonchev–Trinajstić information content (AvgIpc) is 2.45. The van der Waals surface area contributed by atoms with Gasteiger partial charge >= 0.3 is 0 Å². The number of hydrogen-bond donors (Lipinski definition) is 0. The van der Waals surface area contributed by atoms with Gasteiger partial charge in [0.2, 0.25) is 0 Å². The predicted octanol–water partition coefficient (Wildman–Crippen LogP) is 3.85. The van der Waals surface area contributed by atoms with Crippen LogP contribution in [0, 0.1) is 17.1 Å². The summed E-state index contributed by atoms with van der Waals surface area (Å²) >= 11 is 0. The molecule has 0 aromatic heterocycles. The zero-order valence-electron chi connectivity index (χ0n) is 11.5. The molecule has 0 aliphatic heterocycles. The summed E-state index contributed by atoms with van der Waals surface area (Å²) in [7, 11) is 0. The Morgan fingerprint density at radius 2 is 2.00 bits per heavy atom. The van der Waals surface area contributed by atoms with Crippen LogP contribution in [-0.4, -0.2) is 17.5 Å². The van der Waals surface area contributed by atoms with Crippen molar-refractivity contribution in [1.29, 1.82) is 5.26 Å². The molecule has 2 nitrogen and oxygen atoms in total. The Bertz CT molecular complexity index is 458. The molecular weight excluding hydrogens is 239 g/mol. The van der Waals surface area contributed by atoms with Gasteiger partial charge in [-0.15, -0.1) is 0 Å². The van der Waals surface area contributed by atoms with E-state index in [0.29, 0.717) is 11.6 Å². The van der Waals surface area contributed by atoms with Crippen molar-refractivity contribution in [3.05, 3.63) is 35.1 Å². The van der Waals surface area contributed by atoms with Crippen LogP contribution in [0.25, 0.3) is 0 Å². The molecule has 1 aromatic rings. The molecule has 0 radical (unpaired) electrons. The largest absolute Gasteiger partial charge is 0.296 e. The number of rotatable bonds is 4. The molecule has 0 N–H and O–H groups in total. The number of nitrogens with zero attached hydrogens (tertiary/aromatic N) is 2. The highest BCUT2D eigenvalue weighted by Gasteiger charge is 2.20. The van der Waals surface area contributed by atoms with Crippen molar-refractivity contribution in [2.24, 2.45) is 0 Å². The molecule has 1 fully saturated rings. The molecule has 1 aliphatic rings. The fraction of sp³-hybridized carbons (Fsp3) is 0.562. The molecule has 0 unspecified atom stereocenters.